The first-order valence-electron chi connectivity index (χ1n) is 5.18. The molecular weight excluding hydrogens is 263 g/mol. The highest BCUT2D eigenvalue weighted by atomic mass is 19.4. The largest absolute Gasteiger partial charge is 0.476 e. The van der Waals surface area contributed by atoms with Crippen molar-refractivity contribution in [3.05, 3.63) is 30.0 Å². The van der Waals surface area contributed by atoms with Gasteiger partial charge in [0.2, 0.25) is 0 Å². The van der Waals surface area contributed by atoms with Crippen molar-refractivity contribution in [1.29, 1.82) is 0 Å². The topological polar surface area (TPSA) is 75.1 Å². The number of anilines is 1. The minimum Gasteiger partial charge on any atom is -0.476 e. The molecular formula is C11H8F3N3O2. The zero-order valence-corrected chi connectivity index (χ0v) is 9.40. The third-order valence-electron chi connectivity index (χ3n) is 2.34. The van der Waals surface area contributed by atoms with Crippen LogP contribution in [0.4, 0.5) is 18.9 Å². The predicted molar refractivity (Wildman–Crippen MR) is 61.0 cm³/mol. The molecule has 2 aromatic rings. The third-order valence-corrected chi connectivity index (χ3v) is 2.34. The average molecular weight is 271 g/mol. The van der Waals surface area contributed by atoms with E-state index in [1.54, 1.807) is 12.1 Å². The lowest BCUT2D eigenvalue weighted by molar-refractivity contribution is -0.115. The lowest BCUT2D eigenvalue weighted by Gasteiger charge is -2.13. The summed E-state index contributed by atoms with van der Waals surface area (Å²) in [6, 6.07) is 6.22. The van der Waals surface area contributed by atoms with Crippen LogP contribution in [-0.4, -0.2) is 34.0 Å². The fourth-order valence-electron chi connectivity index (χ4n) is 1.57. The molecule has 2 N–H and O–H groups in total. The summed E-state index contributed by atoms with van der Waals surface area (Å²) >= 11 is 0. The number of aromatic nitrogens is 2. The van der Waals surface area contributed by atoms with Gasteiger partial charge < -0.3 is 10.4 Å². The molecule has 8 heteroatoms. The van der Waals surface area contributed by atoms with E-state index in [0.29, 0.717) is 5.52 Å². The van der Waals surface area contributed by atoms with Gasteiger partial charge in [0.25, 0.3) is 0 Å². The molecule has 2 rings (SSSR count). The number of nitrogens with one attached hydrogen (secondary N) is 1. The van der Waals surface area contributed by atoms with Gasteiger partial charge in [0, 0.05) is 5.39 Å². The van der Waals surface area contributed by atoms with Gasteiger partial charge in [0.15, 0.2) is 5.69 Å². The monoisotopic (exact) mass is 271 g/mol. The number of carbonyl (C=O) groups is 1. The van der Waals surface area contributed by atoms with Gasteiger partial charge in [0.1, 0.15) is 6.54 Å². The molecule has 0 saturated heterocycles. The molecule has 0 aliphatic rings. The normalized spacial score (nSPS) is 11.5. The molecule has 0 aliphatic carbocycles. The molecule has 0 saturated carbocycles. The van der Waals surface area contributed by atoms with Crippen molar-refractivity contribution < 1.29 is 23.1 Å². The Kier molecular flexibility index (Phi) is 3.24. The molecule has 0 bridgehead atoms. The van der Waals surface area contributed by atoms with Crippen LogP contribution in [0.3, 0.4) is 0 Å². The van der Waals surface area contributed by atoms with Crippen molar-refractivity contribution in [1.82, 2.24) is 10.2 Å². The zero-order chi connectivity index (χ0) is 14.0. The van der Waals surface area contributed by atoms with E-state index in [1.165, 1.54) is 12.1 Å². The van der Waals surface area contributed by atoms with Gasteiger partial charge in [-0.15, -0.1) is 10.2 Å². The standard InChI is InChI=1S/C11H8F3N3O2/c12-11(13,14)5-15-8-6-3-1-2-4-7(6)16-17-9(8)10(18)19/h1-4H,5H2,(H,15,16)(H,18,19). The summed E-state index contributed by atoms with van der Waals surface area (Å²) in [6.45, 7) is -1.34. The van der Waals surface area contributed by atoms with E-state index in [-0.39, 0.29) is 11.1 Å². The molecule has 0 amide bonds. The second kappa shape index (κ2) is 4.71. The van der Waals surface area contributed by atoms with Crippen molar-refractivity contribution in [2.45, 2.75) is 6.18 Å². The Labute approximate surface area is 105 Å². The SMILES string of the molecule is O=C(O)c1nnc2ccccc2c1NCC(F)(F)F. The summed E-state index contributed by atoms with van der Waals surface area (Å²) in [5, 5.41) is 18.4. The van der Waals surface area contributed by atoms with Crippen LogP contribution in [0.5, 0.6) is 0 Å². The lowest BCUT2D eigenvalue weighted by atomic mass is 10.1. The summed E-state index contributed by atoms with van der Waals surface area (Å²) in [4.78, 5) is 11.0. The number of carboxylic acids is 1. The predicted octanol–water partition coefficient (Wildman–Crippen LogP) is 2.30. The van der Waals surface area contributed by atoms with Crippen molar-refractivity contribution in [3.8, 4) is 0 Å². The number of halogens is 3. The molecule has 5 nitrogen and oxygen atoms in total. The van der Waals surface area contributed by atoms with Crippen molar-refractivity contribution in [2.75, 3.05) is 11.9 Å². The number of nitrogens with zero attached hydrogens (tertiary/aromatic N) is 2. The maximum absolute atomic E-state index is 12.2. The van der Waals surface area contributed by atoms with Gasteiger partial charge in [-0.2, -0.15) is 13.2 Å². The van der Waals surface area contributed by atoms with E-state index in [4.69, 9.17) is 5.11 Å². The van der Waals surface area contributed by atoms with Gasteiger partial charge in [-0.3, -0.25) is 0 Å². The van der Waals surface area contributed by atoms with Gasteiger partial charge in [0.05, 0.1) is 11.2 Å². The van der Waals surface area contributed by atoms with Gasteiger partial charge in [-0.1, -0.05) is 18.2 Å². The molecule has 1 aromatic carbocycles. The molecule has 0 atom stereocenters. The number of hydrogen-bond donors (Lipinski definition) is 2. The Morgan fingerprint density at radius 3 is 2.58 bits per heavy atom. The van der Waals surface area contributed by atoms with Gasteiger partial charge in [-0.05, 0) is 6.07 Å². The Morgan fingerprint density at radius 1 is 1.26 bits per heavy atom. The quantitative estimate of drug-likeness (QED) is 0.895. The van der Waals surface area contributed by atoms with Crippen LogP contribution in [0.15, 0.2) is 24.3 Å². The number of fused-ring (bicyclic) bond motifs is 1. The van der Waals surface area contributed by atoms with Crippen molar-refractivity contribution >= 4 is 22.6 Å². The Hall–Kier alpha value is -2.38. The van der Waals surface area contributed by atoms with Crippen LogP contribution in [0.2, 0.25) is 0 Å². The fourth-order valence-corrected chi connectivity index (χ4v) is 1.57. The van der Waals surface area contributed by atoms with Gasteiger partial charge >= 0.3 is 12.1 Å². The number of aromatic carboxylic acids is 1. The lowest BCUT2D eigenvalue weighted by Crippen LogP contribution is -2.23. The Balaban J connectivity index is 2.53. The van der Waals surface area contributed by atoms with E-state index in [1.807, 2.05) is 0 Å². The molecule has 0 aliphatic heterocycles. The summed E-state index contributed by atoms with van der Waals surface area (Å²) in [5.74, 6) is -1.44. The minimum atomic E-state index is -4.46. The molecule has 0 radical (unpaired) electrons. The molecule has 19 heavy (non-hydrogen) atoms. The highest BCUT2D eigenvalue weighted by Gasteiger charge is 2.28. The zero-order valence-electron chi connectivity index (χ0n) is 9.40. The van der Waals surface area contributed by atoms with Crippen LogP contribution in [0, 0.1) is 0 Å². The minimum absolute atomic E-state index is 0.185. The smallest absolute Gasteiger partial charge is 0.405 e. The summed E-state index contributed by atoms with van der Waals surface area (Å²) in [6.07, 6.45) is -4.46. The van der Waals surface area contributed by atoms with E-state index < -0.39 is 24.4 Å². The Morgan fingerprint density at radius 2 is 1.95 bits per heavy atom. The molecule has 0 fully saturated rings. The second-order valence-electron chi connectivity index (χ2n) is 3.71. The fraction of sp³-hybridized carbons (Fsp3) is 0.182. The molecule has 1 heterocycles. The van der Waals surface area contributed by atoms with Crippen LogP contribution >= 0.6 is 0 Å². The number of alkyl halides is 3. The van der Waals surface area contributed by atoms with Crippen molar-refractivity contribution in [2.24, 2.45) is 0 Å². The molecule has 0 unspecified atom stereocenters. The number of carboxylic acid groups (broad SMARTS) is 1. The highest BCUT2D eigenvalue weighted by molar-refractivity contribution is 6.02. The van der Waals surface area contributed by atoms with E-state index >= 15 is 0 Å². The maximum Gasteiger partial charge on any atom is 0.405 e. The van der Waals surface area contributed by atoms with Crippen LogP contribution in [0.1, 0.15) is 10.5 Å². The van der Waals surface area contributed by atoms with Crippen LogP contribution in [0.25, 0.3) is 10.9 Å². The van der Waals surface area contributed by atoms with Crippen LogP contribution in [-0.2, 0) is 0 Å². The summed E-state index contributed by atoms with van der Waals surface area (Å²) < 4.78 is 36.7. The molecule has 1 aromatic heterocycles. The maximum atomic E-state index is 12.2. The second-order valence-corrected chi connectivity index (χ2v) is 3.71. The highest BCUT2D eigenvalue weighted by Crippen LogP contribution is 2.26. The first kappa shape index (κ1) is 13.1. The van der Waals surface area contributed by atoms with E-state index in [0.717, 1.165) is 0 Å². The third kappa shape index (κ3) is 2.90. The number of rotatable bonds is 3. The van der Waals surface area contributed by atoms with E-state index in [9.17, 15) is 18.0 Å². The molecule has 100 valence electrons. The summed E-state index contributed by atoms with van der Waals surface area (Å²) in [5.41, 5.74) is -0.407. The summed E-state index contributed by atoms with van der Waals surface area (Å²) in [7, 11) is 0. The number of benzene rings is 1. The number of hydrogen-bond acceptors (Lipinski definition) is 4. The van der Waals surface area contributed by atoms with Crippen molar-refractivity contribution in [3.63, 3.8) is 0 Å². The first-order chi connectivity index (χ1) is 8.88. The van der Waals surface area contributed by atoms with Crippen LogP contribution < -0.4 is 5.32 Å². The van der Waals surface area contributed by atoms with E-state index in [2.05, 4.69) is 15.5 Å². The first-order valence-corrected chi connectivity index (χ1v) is 5.18. The Bertz CT molecular complexity index is 628. The molecule has 0 spiro atoms. The van der Waals surface area contributed by atoms with Gasteiger partial charge in [-0.25, -0.2) is 4.79 Å². The average Bonchev–Trinajstić information content (AvgIpc) is 2.34.